The first-order chi connectivity index (χ1) is 14.1. The van der Waals surface area contributed by atoms with Crippen molar-refractivity contribution in [1.29, 1.82) is 0 Å². The number of methoxy groups -OCH3 is 1. The first kappa shape index (κ1) is 19.4. The number of nitrogens with zero attached hydrogens (tertiary/aromatic N) is 2. The molecule has 29 heavy (non-hydrogen) atoms. The Kier molecular flexibility index (Phi) is 5.51. The number of anilines is 1. The predicted molar refractivity (Wildman–Crippen MR) is 110 cm³/mol. The van der Waals surface area contributed by atoms with Crippen LogP contribution < -0.4 is 10.1 Å². The average molecular weight is 434 g/mol. The molecule has 1 amide bonds. The number of hydrazone groups is 1. The number of furan rings is 2. The van der Waals surface area contributed by atoms with Crippen LogP contribution in [0.1, 0.15) is 24.0 Å². The van der Waals surface area contributed by atoms with Gasteiger partial charge < -0.3 is 18.9 Å². The largest absolute Gasteiger partial charge is 0.494 e. The zero-order valence-electron chi connectivity index (χ0n) is 15.4. The summed E-state index contributed by atoms with van der Waals surface area (Å²) < 4.78 is 16.1. The summed E-state index contributed by atoms with van der Waals surface area (Å²) in [5.41, 5.74) is 1.28. The highest BCUT2D eigenvalue weighted by Gasteiger charge is 2.35. The molecule has 3 aromatic rings. The lowest BCUT2D eigenvalue weighted by Gasteiger charge is -2.20. The Morgan fingerprint density at radius 2 is 1.97 bits per heavy atom. The van der Waals surface area contributed by atoms with Crippen LogP contribution in [0.25, 0.3) is 0 Å². The van der Waals surface area contributed by atoms with Gasteiger partial charge in [0.15, 0.2) is 5.75 Å². The molecule has 7 nitrogen and oxygen atoms in total. The minimum atomic E-state index is -0.345. The molecule has 2 aromatic heterocycles. The van der Waals surface area contributed by atoms with Crippen molar-refractivity contribution in [3.63, 3.8) is 0 Å². The van der Waals surface area contributed by atoms with Crippen molar-refractivity contribution < 1.29 is 18.4 Å². The van der Waals surface area contributed by atoms with Crippen LogP contribution in [-0.2, 0) is 4.79 Å². The van der Waals surface area contributed by atoms with Gasteiger partial charge in [-0.15, -0.1) is 0 Å². The van der Waals surface area contributed by atoms with E-state index in [4.69, 9.17) is 36.8 Å². The summed E-state index contributed by atoms with van der Waals surface area (Å²) in [6.07, 6.45) is 3.64. The molecule has 9 heteroatoms. The van der Waals surface area contributed by atoms with E-state index in [1.807, 2.05) is 12.1 Å². The van der Waals surface area contributed by atoms with Gasteiger partial charge in [0.2, 0.25) is 0 Å². The number of halogens is 2. The lowest BCUT2D eigenvalue weighted by molar-refractivity contribution is -0.131. The van der Waals surface area contributed by atoms with Crippen LogP contribution in [0.15, 0.2) is 62.9 Å². The van der Waals surface area contributed by atoms with E-state index in [1.54, 1.807) is 36.8 Å². The molecule has 1 unspecified atom stereocenters. The van der Waals surface area contributed by atoms with Gasteiger partial charge in [-0.1, -0.05) is 23.2 Å². The zero-order chi connectivity index (χ0) is 20.4. The molecule has 3 heterocycles. The van der Waals surface area contributed by atoms with Crippen molar-refractivity contribution in [3.05, 3.63) is 70.5 Å². The maximum absolute atomic E-state index is 12.9. The van der Waals surface area contributed by atoms with Crippen LogP contribution >= 0.6 is 23.2 Å². The fourth-order valence-electron chi connectivity index (χ4n) is 3.15. The van der Waals surface area contributed by atoms with Gasteiger partial charge in [0.05, 0.1) is 36.2 Å². The second-order valence-corrected chi connectivity index (χ2v) is 7.14. The number of hydrogen-bond donors (Lipinski definition) is 1. The second-order valence-electron chi connectivity index (χ2n) is 6.32. The molecule has 1 N–H and O–H groups in total. The normalized spacial score (nSPS) is 16.0. The fraction of sp³-hybridized carbons (Fsp3) is 0.200. The van der Waals surface area contributed by atoms with Crippen LogP contribution in [0.4, 0.5) is 5.69 Å². The lowest BCUT2D eigenvalue weighted by atomic mass is 10.1. The summed E-state index contributed by atoms with van der Waals surface area (Å²) in [7, 11) is 1.49. The molecular formula is C20H17Cl2N3O4. The Bertz CT molecular complexity index is 1010. The van der Waals surface area contributed by atoms with E-state index in [9.17, 15) is 4.79 Å². The Morgan fingerprint density at radius 3 is 2.59 bits per heavy atom. The van der Waals surface area contributed by atoms with Gasteiger partial charge in [-0.05, 0) is 36.4 Å². The van der Waals surface area contributed by atoms with Gasteiger partial charge in [0.25, 0.3) is 5.91 Å². The van der Waals surface area contributed by atoms with Crippen LogP contribution in [0.2, 0.25) is 10.0 Å². The Morgan fingerprint density at radius 1 is 1.24 bits per heavy atom. The highest BCUT2D eigenvalue weighted by molar-refractivity contribution is 6.37. The monoisotopic (exact) mass is 433 g/mol. The Labute approximate surface area is 176 Å². The van der Waals surface area contributed by atoms with Gasteiger partial charge in [0.1, 0.15) is 23.3 Å². The first-order valence-electron chi connectivity index (χ1n) is 8.80. The molecule has 1 atom stereocenters. The molecule has 1 aliphatic rings. The molecule has 0 fully saturated rings. The van der Waals surface area contributed by atoms with E-state index in [-0.39, 0.29) is 18.5 Å². The number of carbonyl (C=O) groups is 1. The van der Waals surface area contributed by atoms with Crippen LogP contribution in [-0.4, -0.2) is 30.3 Å². The van der Waals surface area contributed by atoms with Gasteiger partial charge in [-0.3, -0.25) is 4.79 Å². The topological polar surface area (TPSA) is 80.2 Å². The molecule has 1 aromatic carbocycles. The van der Waals surface area contributed by atoms with E-state index < -0.39 is 0 Å². The summed E-state index contributed by atoms with van der Waals surface area (Å²) in [4.78, 5) is 12.9. The molecule has 150 valence electrons. The van der Waals surface area contributed by atoms with Crippen LogP contribution in [0.3, 0.4) is 0 Å². The van der Waals surface area contributed by atoms with Gasteiger partial charge in [0, 0.05) is 12.1 Å². The Balaban J connectivity index is 1.52. The highest BCUT2D eigenvalue weighted by atomic mass is 35.5. The van der Waals surface area contributed by atoms with Crippen LogP contribution in [0.5, 0.6) is 5.75 Å². The van der Waals surface area contributed by atoms with Crippen molar-refractivity contribution in [2.75, 3.05) is 19.0 Å². The van der Waals surface area contributed by atoms with Crippen molar-refractivity contribution in [1.82, 2.24) is 5.01 Å². The summed E-state index contributed by atoms with van der Waals surface area (Å²) in [5.74, 6) is 1.42. The maximum atomic E-state index is 12.9. The van der Waals surface area contributed by atoms with Gasteiger partial charge in [-0.25, -0.2) is 5.01 Å². The highest BCUT2D eigenvalue weighted by Crippen LogP contribution is 2.36. The number of benzene rings is 1. The molecule has 0 bridgehead atoms. The first-order valence-corrected chi connectivity index (χ1v) is 9.56. The Hall–Kier alpha value is -2.90. The number of amides is 1. The van der Waals surface area contributed by atoms with Crippen LogP contribution in [0, 0.1) is 0 Å². The molecule has 4 rings (SSSR count). The summed E-state index contributed by atoms with van der Waals surface area (Å²) >= 11 is 12.3. The van der Waals surface area contributed by atoms with Gasteiger partial charge >= 0.3 is 0 Å². The molecule has 0 aliphatic carbocycles. The standard InChI is InChI=1S/C20H17Cl2N3O4/c1-27-20-13(21)8-12(9-14(20)22)23-11-19(26)25-16(18-5-3-7-29-18)10-15(24-25)17-4-2-6-28-17/h2-9,16,23H,10-11H2,1H3. The van der Waals surface area contributed by atoms with Crippen molar-refractivity contribution in [2.45, 2.75) is 12.5 Å². The molecular weight excluding hydrogens is 417 g/mol. The summed E-state index contributed by atoms with van der Waals surface area (Å²) in [6.45, 7) is -0.00880. The molecule has 0 radical (unpaired) electrons. The third-order valence-corrected chi connectivity index (χ3v) is 5.05. The molecule has 0 saturated carbocycles. The minimum absolute atomic E-state index is 0.00880. The third kappa shape index (κ3) is 3.97. The van der Waals surface area contributed by atoms with Crippen molar-refractivity contribution in [3.8, 4) is 5.75 Å². The van der Waals surface area contributed by atoms with E-state index >= 15 is 0 Å². The average Bonchev–Trinajstić information content (AvgIpc) is 3.46. The van der Waals surface area contributed by atoms with E-state index in [1.165, 1.54) is 12.1 Å². The number of rotatable bonds is 6. The van der Waals surface area contributed by atoms with Crippen molar-refractivity contribution >= 4 is 40.5 Å². The predicted octanol–water partition coefficient (Wildman–Crippen LogP) is 4.98. The molecule has 1 aliphatic heterocycles. The fourth-order valence-corrected chi connectivity index (χ4v) is 3.79. The van der Waals surface area contributed by atoms with Crippen molar-refractivity contribution in [2.24, 2.45) is 5.10 Å². The zero-order valence-corrected chi connectivity index (χ0v) is 16.9. The third-order valence-electron chi connectivity index (χ3n) is 4.49. The molecule has 0 spiro atoms. The van der Waals surface area contributed by atoms with E-state index in [0.29, 0.717) is 45.1 Å². The quantitative estimate of drug-likeness (QED) is 0.592. The van der Waals surface area contributed by atoms with Gasteiger partial charge in [-0.2, -0.15) is 5.10 Å². The maximum Gasteiger partial charge on any atom is 0.262 e. The number of nitrogens with one attached hydrogen (secondary N) is 1. The second kappa shape index (κ2) is 8.23. The minimum Gasteiger partial charge on any atom is -0.494 e. The molecule has 0 saturated heterocycles. The smallest absolute Gasteiger partial charge is 0.262 e. The SMILES string of the molecule is COc1c(Cl)cc(NCC(=O)N2N=C(c3ccco3)CC2c2ccco2)cc1Cl. The summed E-state index contributed by atoms with van der Waals surface area (Å²) in [5, 5.41) is 9.62. The number of carbonyl (C=O) groups excluding carboxylic acids is 1. The number of hydrogen-bond acceptors (Lipinski definition) is 6. The summed E-state index contributed by atoms with van der Waals surface area (Å²) in [6, 6.07) is 10.1. The lowest BCUT2D eigenvalue weighted by Crippen LogP contribution is -2.32. The van der Waals surface area contributed by atoms with E-state index in [2.05, 4.69) is 10.4 Å². The van der Waals surface area contributed by atoms with E-state index in [0.717, 1.165) is 0 Å². The number of ether oxygens (including phenoxy) is 1.